The molecule has 1 unspecified atom stereocenters. The van der Waals surface area contributed by atoms with Crippen molar-refractivity contribution >= 4 is 42.2 Å². The molecular weight excluding hydrogens is 600 g/mol. The van der Waals surface area contributed by atoms with Gasteiger partial charge >= 0.3 is 0 Å². The molecule has 45 heavy (non-hydrogen) atoms. The maximum atomic E-state index is 13.7. The maximum absolute atomic E-state index is 13.7. The van der Waals surface area contributed by atoms with Gasteiger partial charge in [-0.25, -0.2) is 0 Å². The summed E-state index contributed by atoms with van der Waals surface area (Å²) in [6.45, 7) is 0.0601. The minimum atomic E-state index is -1.62. The number of aliphatic hydroxyl groups is 1. The predicted octanol–water partition coefficient (Wildman–Crippen LogP) is -1.40. The Labute approximate surface area is 267 Å². The van der Waals surface area contributed by atoms with E-state index in [9.17, 15) is 24.3 Å². The van der Waals surface area contributed by atoms with Crippen LogP contribution >= 0.6 is 12.2 Å². The van der Waals surface area contributed by atoms with Crippen LogP contribution in [-0.4, -0.2) is 88.0 Å². The molecule has 0 fully saturated rings. The van der Waals surface area contributed by atoms with Crippen molar-refractivity contribution in [1.82, 2.24) is 30.8 Å². The molecule has 0 spiro atoms. The summed E-state index contributed by atoms with van der Waals surface area (Å²) in [4.78, 5) is 55.4. The van der Waals surface area contributed by atoms with E-state index in [4.69, 9.17) is 34.8 Å². The van der Waals surface area contributed by atoms with Crippen molar-refractivity contribution in [3.63, 3.8) is 0 Å². The number of unbranched alkanes of at least 4 members (excludes halogenated alkanes) is 1. The van der Waals surface area contributed by atoms with Gasteiger partial charge in [-0.15, -0.1) is 0 Å². The summed E-state index contributed by atoms with van der Waals surface area (Å²) in [5.74, 6) is -2.10. The van der Waals surface area contributed by atoms with Gasteiger partial charge in [0.05, 0.1) is 12.6 Å². The minimum Gasteiger partial charge on any atom is -0.393 e. The molecule has 0 saturated heterocycles. The normalized spacial score (nSPS) is 14.3. The summed E-state index contributed by atoms with van der Waals surface area (Å²) in [5, 5.41) is 28.1. The molecule has 0 aliphatic rings. The highest BCUT2D eigenvalue weighted by Crippen LogP contribution is 2.14. The van der Waals surface area contributed by atoms with Gasteiger partial charge in [0.15, 0.2) is 10.7 Å². The number of amides is 3. The van der Waals surface area contributed by atoms with E-state index in [1.807, 2.05) is 6.07 Å². The van der Waals surface area contributed by atoms with Gasteiger partial charge < -0.3 is 57.9 Å². The lowest BCUT2D eigenvalue weighted by Gasteiger charge is -2.30. The number of guanidine groups is 1. The fraction of sp³-hybridized carbons (Fsp3) is 0.517. The van der Waals surface area contributed by atoms with Crippen LogP contribution < -0.4 is 38.5 Å². The zero-order valence-corrected chi connectivity index (χ0v) is 26.3. The summed E-state index contributed by atoms with van der Waals surface area (Å²) in [7, 11) is 1.71. The quantitative estimate of drug-likeness (QED) is 0.0265. The zero-order chi connectivity index (χ0) is 33.4. The van der Waals surface area contributed by atoms with Gasteiger partial charge in [-0.05, 0) is 56.4 Å². The van der Waals surface area contributed by atoms with Gasteiger partial charge in [-0.1, -0.05) is 30.3 Å². The summed E-state index contributed by atoms with van der Waals surface area (Å²) in [6, 6.07) is 5.71. The lowest BCUT2D eigenvalue weighted by atomic mass is 9.92. The summed E-state index contributed by atoms with van der Waals surface area (Å²) in [6.07, 6.45) is 4.15. The molecule has 15 nitrogen and oxygen atoms in total. The third-order valence-corrected chi connectivity index (χ3v) is 7.70. The molecular formula is C29H46N10O5S. The Bertz CT molecular complexity index is 1330. The molecule has 0 aliphatic carbocycles. The number of nitrogens with one attached hydrogen (secondary N) is 6. The Morgan fingerprint density at radius 3 is 2.36 bits per heavy atom. The maximum Gasteiger partial charge on any atom is 0.243 e. The Morgan fingerprint density at radius 2 is 1.78 bits per heavy atom. The summed E-state index contributed by atoms with van der Waals surface area (Å²) < 4.78 is 2.07. The number of nitrogens with zero attached hydrogens (tertiary/aromatic N) is 1. The van der Waals surface area contributed by atoms with Gasteiger partial charge in [0, 0.05) is 38.3 Å². The number of aliphatic hydroxyl groups excluding tert-OH is 1. The Hall–Kier alpha value is -4.12. The van der Waals surface area contributed by atoms with E-state index in [2.05, 4.69) is 26.3 Å². The number of aldehydes is 1. The minimum absolute atomic E-state index is 0.0277. The average molecular weight is 647 g/mol. The number of hydrogen-bond acceptors (Lipinski definition) is 9. The fourth-order valence-corrected chi connectivity index (χ4v) is 4.79. The molecule has 248 valence electrons. The number of benzene rings is 1. The predicted molar refractivity (Wildman–Crippen MR) is 172 cm³/mol. The molecule has 2 aromatic rings. The van der Waals surface area contributed by atoms with Crippen molar-refractivity contribution in [2.75, 3.05) is 19.7 Å². The number of carbonyl (C=O) groups is 4. The van der Waals surface area contributed by atoms with Crippen LogP contribution in [0.15, 0.2) is 36.5 Å². The van der Waals surface area contributed by atoms with Crippen LogP contribution in [0.3, 0.4) is 0 Å². The molecule has 0 saturated carbocycles. The average Bonchev–Trinajstić information content (AvgIpc) is 3.34. The van der Waals surface area contributed by atoms with Crippen LogP contribution in [0.25, 0.3) is 0 Å². The molecule has 0 bridgehead atoms. The number of aromatic nitrogens is 2. The monoisotopic (exact) mass is 646 g/mol. The first-order valence-electron chi connectivity index (χ1n) is 14.8. The van der Waals surface area contributed by atoms with Gasteiger partial charge in [-0.3, -0.25) is 19.8 Å². The van der Waals surface area contributed by atoms with Crippen LogP contribution in [-0.2, 0) is 39.1 Å². The number of aromatic amines is 1. The molecule has 0 radical (unpaired) electrons. The molecule has 3 amide bonds. The number of rotatable bonds is 20. The van der Waals surface area contributed by atoms with Crippen molar-refractivity contribution in [3.8, 4) is 0 Å². The largest absolute Gasteiger partial charge is 0.393 e. The van der Waals surface area contributed by atoms with Gasteiger partial charge in [0.2, 0.25) is 17.7 Å². The Balaban J connectivity index is 2.26. The highest BCUT2D eigenvalue weighted by molar-refractivity contribution is 7.71. The molecule has 1 heterocycles. The topological polar surface area (TPSA) is 259 Å². The van der Waals surface area contributed by atoms with Gasteiger partial charge in [-0.2, -0.15) is 0 Å². The SMILES string of the molecule is Cn1c(C[C@H](NC(=O)[C@H](N)CCCNC(=N)N)C(=O)N[C@@H](CCCCN)C(=O)NC(C=O)(CO)Cc2ccccc2)c[nH]c1=S. The second-order valence-corrected chi connectivity index (χ2v) is 11.3. The summed E-state index contributed by atoms with van der Waals surface area (Å²) in [5.41, 5.74) is 16.7. The van der Waals surface area contributed by atoms with Crippen LogP contribution in [0.1, 0.15) is 43.4 Å². The Kier molecular flexibility index (Phi) is 15.3. The molecule has 13 N–H and O–H groups in total. The second kappa shape index (κ2) is 18.6. The molecule has 0 aliphatic heterocycles. The third kappa shape index (κ3) is 12.1. The van der Waals surface area contributed by atoms with E-state index < -0.39 is 48.0 Å². The molecule has 16 heteroatoms. The molecule has 1 aromatic heterocycles. The van der Waals surface area contributed by atoms with E-state index in [0.717, 1.165) is 5.56 Å². The van der Waals surface area contributed by atoms with Crippen LogP contribution in [0.2, 0.25) is 0 Å². The first-order valence-corrected chi connectivity index (χ1v) is 15.2. The van der Waals surface area contributed by atoms with E-state index in [-0.39, 0.29) is 31.6 Å². The van der Waals surface area contributed by atoms with E-state index in [1.165, 1.54) is 0 Å². The van der Waals surface area contributed by atoms with Crippen LogP contribution in [0, 0.1) is 10.2 Å². The fourth-order valence-electron chi connectivity index (χ4n) is 4.61. The smallest absolute Gasteiger partial charge is 0.243 e. The molecule has 2 rings (SSSR count). The van der Waals surface area contributed by atoms with Crippen molar-refractivity contribution in [2.45, 2.75) is 68.6 Å². The first kappa shape index (κ1) is 37.1. The van der Waals surface area contributed by atoms with Crippen LogP contribution in [0.5, 0.6) is 0 Å². The van der Waals surface area contributed by atoms with E-state index >= 15 is 0 Å². The number of H-pyrrole nitrogens is 1. The van der Waals surface area contributed by atoms with Gasteiger partial charge in [0.1, 0.15) is 23.9 Å². The number of hydrogen-bond donors (Lipinski definition) is 10. The lowest BCUT2D eigenvalue weighted by Crippen LogP contribution is -2.61. The number of carbonyl (C=O) groups excluding carboxylic acids is 4. The highest BCUT2D eigenvalue weighted by Gasteiger charge is 2.35. The van der Waals surface area contributed by atoms with E-state index in [0.29, 0.717) is 49.1 Å². The standard InChI is InChI=1S/C29H46N10O5S/c1-39-20(16-35-28(39)45)14-23(37-24(42)21(31)10-7-13-34-27(32)33)25(43)36-22(11-5-6-12-30)26(44)38-29(17-40,18-41)15-19-8-3-2-4-9-19/h2-4,8-9,16-17,21-23,41H,5-7,10-15,18,30-31H2,1H3,(H,35,45)(H,36,43)(H,37,42)(H,38,44)(H4,32,33,34)/t21-,22+,23+,29?/m1/s1. The lowest BCUT2D eigenvalue weighted by molar-refractivity contribution is -0.134. The van der Waals surface area contributed by atoms with Crippen molar-refractivity contribution in [3.05, 3.63) is 52.6 Å². The number of nitrogens with two attached hydrogens (primary N) is 3. The summed E-state index contributed by atoms with van der Waals surface area (Å²) >= 11 is 5.24. The zero-order valence-electron chi connectivity index (χ0n) is 25.5. The van der Waals surface area contributed by atoms with Crippen molar-refractivity contribution in [2.24, 2.45) is 24.2 Å². The van der Waals surface area contributed by atoms with Gasteiger partial charge in [0.25, 0.3) is 0 Å². The van der Waals surface area contributed by atoms with Crippen molar-refractivity contribution < 1.29 is 24.3 Å². The highest BCUT2D eigenvalue weighted by atomic mass is 32.1. The van der Waals surface area contributed by atoms with Crippen molar-refractivity contribution in [1.29, 1.82) is 5.41 Å². The molecule has 1 aromatic carbocycles. The van der Waals surface area contributed by atoms with E-state index in [1.54, 1.807) is 42.1 Å². The number of imidazole rings is 1. The molecule has 4 atom stereocenters. The van der Waals surface area contributed by atoms with Crippen LogP contribution in [0.4, 0.5) is 0 Å². The Morgan fingerprint density at radius 1 is 1.09 bits per heavy atom. The second-order valence-electron chi connectivity index (χ2n) is 10.9. The third-order valence-electron chi connectivity index (χ3n) is 7.31. The first-order chi connectivity index (χ1) is 21.4.